The highest BCUT2D eigenvalue weighted by Crippen LogP contribution is 2.26. The van der Waals surface area contributed by atoms with E-state index in [0.717, 1.165) is 18.9 Å². The topological polar surface area (TPSA) is 42.7 Å². The molecule has 5 heteroatoms. The van der Waals surface area contributed by atoms with E-state index in [1.54, 1.807) is 6.33 Å². The summed E-state index contributed by atoms with van der Waals surface area (Å²) in [5, 5.41) is 7.85. The van der Waals surface area contributed by atoms with Crippen molar-refractivity contribution in [3.05, 3.63) is 33.5 Å². The van der Waals surface area contributed by atoms with E-state index < -0.39 is 0 Å². The lowest BCUT2D eigenvalue weighted by Gasteiger charge is -2.14. The van der Waals surface area contributed by atoms with Gasteiger partial charge in [0, 0.05) is 22.3 Å². The van der Waals surface area contributed by atoms with E-state index >= 15 is 0 Å². The van der Waals surface area contributed by atoms with Crippen LogP contribution in [0.3, 0.4) is 0 Å². The average Bonchev–Trinajstić information content (AvgIpc) is 2.92. The van der Waals surface area contributed by atoms with Crippen molar-refractivity contribution < 1.29 is 0 Å². The quantitative estimate of drug-likeness (QED) is 0.886. The molecule has 0 fully saturated rings. The number of nitrogens with one attached hydrogen (secondary N) is 1. The Hall–Kier alpha value is -1.20. The minimum atomic E-state index is 0.337. The van der Waals surface area contributed by atoms with Crippen LogP contribution in [0.4, 0.5) is 0 Å². The van der Waals surface area contributed by atoms with Crippen LogP contribution < -0.4 is 5.32 Å². The Morgan fingerprint density at radius 2 is 2.05 bits per heavy atom. The maximum atomic E-state index is 4.35. The number of rotatable bonds is 6. The number of aromatic nitrogens is 3. The maximum Gasteiger partial charge on any atom is 0.140 e. The van der Waals surface area contributed by atoms with Crippen molar-refractivity contribution in [3.63, 3.8) is 0 Å². The smallest absolute Gasteiger partial charge is 0.140 e. The second kappa shape index (κ2) is 6.50. The number of aryl methyl sites for hydroxylation is 2. The third kappa shape index (κ3) is 3.67. The van der Waals surface area contributed by atoms with E-state index in [1.165, 1.54) is 15.3 Å². The average molecular weight is 292 g/mol. The molecule has 0 aliphatic heterocycles. The number of nitrogens with zero attached hydrogens (tertiary/aromatic N) is 3. The summed E-state index contributed by atoms with van der Waals surface area (Å²) in [7, 11) is 0. The van der Waals surface area contributed by atoms with Crippen LogP contribution in [0.1, 0.15) is 48.0 Å². The molecule has 0 amide bonds. The number of thiophene rings is 1. The van der Waals surface area contributed by atoms with Gasteiger partial charge < -0.3 is 5.32 Å². The molecule has 1 atom stereocenters. The molecule has 0 aromatic carbocycles. The third-order valence-electron chi connectivity index (χ3n) is 3.35. The summed E-state index contributed by atoms with van der Waals surface area (Å²) < 4.78 is 2.00. The third-order valence-corrected chi connectivity index (χ3v) is 4.33. The minimum Gasteiger partial charge on any atom is -0.303 e. The first-order valence-corrected chi connectivity index (χ1v) is 7.96. The highest BCUT2D eigenvalue weighted by atomic mass is 32.1. The van der Waals surface area contributed by atoms with Crippen LogP contribution in [0.2, 0.25) is 0 Å². The molecule has 110 valence electrons. The minimum absolute atomic E-state index is 0.337. The molecule has 1 unspecified atom stereocenters. The van der Waals surface area contributed by atoms with Gasteiger partial charge in [-0.1, -0.05) is 13.8 Å². The van der Waals surface area contributed by atoms with Gasteiger partial charge in [-0.25, -0.2) is 9.67 Å². The van der Waals surface area contributed by atoms with Crippen molar-refractivity contribution in [2.75, 3.05) is 0 Å². The van der Waals surface area contributed by atoms with Gasteiger partial charge >= 0.3 is 0 Å². The highest BCUT2D eigenvalue weighted by Gasteiger charge is 2.12. The summed E-state index contributed by atoms with van der Waals surface area (Å²) in [6.07, 6.45) is 1.64. The molecule has 2 rings (SSSR count). The van der Waals surface area contributed by atoms with Crippen molar-refractivity contribution >= 4 is 11.3 Å². The van der Waals surface area contributed by atoms with E-state index in [0.29, 0.717) is 12.0 Å². The van der Waals surface area contributed by atoms with E-state index in [-0.39, 0.29) is 0 Å². The van der Waals surface area contributed by atoms with Gasteiger partial charge in [-0.2, -0.15) is 5.10 Å². The van der Waals surface area contributed by atoms with Crippen molar-refractivity contribution in [2.45, 2.75) is 53.8 Å². The number of hydrogen-bond acceptors (Lipinski definition) is 4. The Labute approximate surface area is 125 Å². The second-order valence-electron chi connectivity index (χ2n) is 5.72. The van der Waals surface area contributed by atoms with Crippen LogP contribution in [0, 0.1) is 19.8 Å². The van der Waals surface area contributed by atoms with Gasteiger partial charge in [-0.05, 0) is 38.3 Å². The molecule has 0 aliphatic carbocycles. The standard InChI is InChI=1S/C15H24N4S/c1-10(2)8-19-15(17-9-18-19)7-16-12(4)14-6-11(3)20-13(14)5/h6,9-10,12,16H,7-8H2,1-5H3. The Bertz CT molecular complexity index is 556. The summed E-state index contributed by atoms with van der Waals surface area (Å²) >= 11 is 1.86. The lowest BCUT2D eigenvalue weighted by molar-refractivity contribution is 0.449. The molecule has 0 radical (unpaired) electrons. The fourth-order valence-corrected chi connectivity index (χ4v) is 3.38. The van der Waals surface area contributed by atoms with Gasteiger partial charge in [-0.15, -0.1) is 11.3 Å². The van der Waals surface area contributed by atoms with Gasteiger partial charge in [0.05, 0.1) is 6.54 Å². The molecule has 4 nitrogen and oxygen atoms in total. The van der Waals surface area contributed by atoms with E-state index in [9.17, 15) is 0 Å². The monoisotopic (exact) mass is 292 g/mol. The zero-order valence-electron chi connectivity index (χ0n) is 13.0. The first kappa shape index (κ1) is 15.2. The lowest BCUT2D eigenvalue weighted by atomic mass is 10.1. The van der Waals surface area contributed by atoms with E-state index in [4.69, 9.17) is 0 Å². The molecule has 0 aliphatic rings. The largest absolute Gasteiger partial charge is 0.303 e. The summed E-state index contributed by atoms with van der Waals surface area (Å²) in [4.78, 5) is 7.12. The molecular weight excluding hydrogens is 268 g/mol. The molecular formula is C15H24N4S. The summed E-state index contributed by atoms with van der Waals surface area (Å²) in [5.74, 6) is 1.59. The normalized spacial score (nSPS) is 13.1. The van der Waals surface area contributed by atoms with Crippen LogP contribution in [0.5, 0.6) is 0 Å². The van der Waals surface area contributed by atoms with Gasteiger partial charge in [0.15, 0.2) is 0 Å². The fourth-order valence-electron chi connectivity index (χ4n) is 2.36. The summed E-state index contributed by atoms with van der Waals surface area (Å²) in [6, 6.07) is 2.61. The summed E-state index contributed by atoms with van der Waals surface area (Å²) in [5.41, 5.74) is 1.39. The molecule has 2 heterocycles. The molecule has 0 saturated heterocycles. The van der Waals surface area contributed by atoms with Crippen LogP contribution in [0.25, 0.3) is 0 Å². The second-order valence-corrected chi connectivity index (χ2v) is 7.18. The predicted octanol–water partition coefficient (Wildman–Crippen LogP) is 3.46. The molecule has 0 spiro atoms. The van der Waals surface area contributed by atoms with Crippen molar-refractivity contribution in [3.8, 4) is 0 Å². The first-order valence-electron chi connectivity index (χ1n) is 7.14. The first-order chi connectivity index (χ1) is 9.47. The molecule has 2 aromatic heterocycles. The van der Waals surface area contributed by atoms with Crippen LogP contribution in [0.15, 0.2) is 12.4 Å². The van der Waals surface area contributed by atoms with E-state index in [2.05, 4.69) is 56.1 Å². The van der Waals surface area contributed by atoms with Gasteiger partial charge in [0.25, 0.3) is 0 Å². The Morgan fingerprint density at radius 3 is 2.65 bits per heavy atom. The Balaban J connectivity index is 1.98. The Morgan fingerprint density at radius 1 is 1.30 bits per heavy atom. The van der Waals surface area contributed by atoms with Crippen LogP contribution >= 0.6 is 11.3 Å². The van der Waals surface area contributed by atoms with Gasteiger partial charge in [0.1, 0.15) is 12.2 Å². The zero-order valence-corrected chi connectivity index (χ0v) is 13.8. The van der Waals surface area contributed by atoms with Gasteiger partial charge in [0.2, 0.25) is 0 Å². The maximum absolute atomic E-state index is 4.35. The fraction of sp³-hybridized carbons (Fsp3) is 0.600. The molecule has 1 N–H and O–H groups in total. The predicted molar refractivity (Wildman–Crippen MR) is 83.9 cm³/mol. The molecule has 20 heavy (non-hydrogen) atoms. The molecule has 0 saturated carbocycles. The van der Waals surface area contributed by atoms with Crippen molar-refractivity contribution in [1.29, 1.82) is 0 Å². The van der Waals surface area contributed by atoms with Crippen molar-refractivity contribution in [2.24, 2.45) is 5.92 Å². The van der Waals surface area contributed by atoms with Crippen LogP contribution in [-0.4, -0.2) is 14.8 Å². The van der Waals surface area contributed by atoms with E-state index in [1.807, 2.05) is 16.0 Å². The van der Waals surface area contributed by atoms with Gasteiger partial charge in [-0.3, -0.25) is 0 Å². The zero-order chi connectivity index (χ0) is 14.7. The molecule has 2 aromatic rings. The van der Waals surface area contributed by atoms with Crippen LogP contribution in [-0.2, 0) is 13.1 Å². The molecule has 0 bridgehead atoms. The van der Waals surface area contributed by atoms with Crippen molar-refractivity contribution in [1.82, 2.24) is 20.1 Å². The highest BCUT2D eigenvalue weighted by molar-refractivity contribution is 7.12. The Kier molecular flexibility index (Phi) is 4.94. The lowest BCUT2D eigenvalue weighted by Crippen LogP contribution is -2.22. The SMILES string of the molecule is Cc1cc(C(C)NCc2ncnn2CC(C)C)c(C)s1. The summed E-state index contributed by atoms with van der Waals surface area (Å²) in [6.45, 7) is 12.6. The number of hydrogen-bond donors (Lipinski definition) is 1.